The highest BCUT2D eigenvalue weighted by Crippen LogP contribution is 2.25. The number of anilines is 1. The molecule has 1 aromatic heterocycles. The summed E-state index contributed by atoms with van der Waals surface area (Å²) in [4.78, 5) is 23.6. The van der Waals surface area contributed by atoms with E-state index in [4.69, 9.17) is 11.6 Å². The van der Waals surface area contributed by atoms with E-state index < -0.39 is 0 Å². The predicted octanol–water partition coefficient (Wildman–Crippen LogP) is 5.28. The van der Waals surface area contributed by atoms with Crippen molar-refractivity contribution in [3.63, 3.8) is 0 Å². The minimum absolute atomic E-state index is 0.121. The molecule has 6 heteroatoms. The number of amides is 2. The fraction of sp³-hybridized carbons (Fsp3) is 0.0909. The minimum Gasteiger partial charge on any atom is -0.342 e. The molecule has 2 N–H and O–H groups in total. The zero-order valence-corrected chi connectivity index (χ0v) is 16.8. The molecule has 0 aliphatic rings. The lowest BCUT2D eigenvalue weighted by atomic mass is 10.0. The summed E-state index contributed by atoms with van der Waals surface area (Å²) in [5.41, 5.74) is 3.56. The van der Waals surface area contributed by atoms with Gasteiger partial charge in [-0.25, -0.2) is 0 Å². The number of rotatable bonds is 6. The van der Waals surface area contributed by atoms with Crippen LogP contribution in [0.4, 0.5) is 5.69 Å². The molecule has 142 valence electrons. The second-order valence-corrected chi connectivity index (χ2v) is 7.40. The van der Waals surface area contributed by atoms with Gasteiger partial charge in [0.2, 0.25) is 11.8 Å². The van der Waals surface area contributed by atoms with E-state index in [1.807, 2.05) is 53.2 Å². The molecule has 4 nitrogen and oxygen atoms in total. The van der Waals surface area contributed by atoms with Crippen molar-refractivity contribution in [3.05, 3.63) is 93.1 Å². The van der Waals surface area contributed by atoms with Crippen LogP contribution in [0.25, 0.3) is 6.08 Å². The highest BCUT2D eigenvalue weighted by atomic mass is 35.5. The van der Waals surface area contributed by atoms with Crippen molar-refractivity contribution in [2.75, 3.05) is 5.32 Å². The Morgan fingerprint density at radius 1 is 1.00 bits per heavy atom. The Kier molecular flexibility index (Phi) is 6.63. The number of benzene rings is 2. The summed E-state index contributed by atoms with van der Waals surface area (Å²) in [6.45, 7) is 1.46. The average molecular weight is 411 g/mol. The summed E-state index contributed by atoms with van der Waals surface area (Å²) in [7, 11) is 0. The third-order valence-corrected chi connectivity index (χ3v) is 4.98. The summed E-state index contributed by atoms with van der Waals surface area (Å²) in [5.74, 6) is -0.318. The molecule has 0 saturated heterocycles. The van der Waals surface area contributed by atoms with Crippen LogP contribution in [0.3, 0.4) is 0 Å². The molecule has 28 heavy (non-hydrogen) atoms. The Labute approximate surface area is 172 Å². The molecule has 2 aromatic carbocycles. The lowest BCUT2D eigenvalue weighted by molar-refractivity contribution is -0.117. The second-order valence-electron chi connectivity index (χ2n) is 6.19. The molecule has 3 aromatic rings. The number of hydrogen-bond acceptors (Lipinski definition) is 3. The van der Waals surface area contributed by atoms with Crippen LogP contribution in [0.2, 0.25) is 5.02 Å². The van der Waals surface area contributed by atoms with Gasteiger partial charge in [0, 0.05) is 23.7 Å². The second kappa shape index (κ2) is 9.35. The first-order valence-corrected chi connectivity index (χ1v) is 9.97. The van der Waals surface area contributed by atoms with Gasteiger partial charge in [-0.05, 0) is 63.9 Å². The third kappa shape index (κ3) is 5.55. The van der Waals surface area contributed by atoms with Crippen molar-refractivity contribution in [1.82, 2.24) is 5.32 Å². The van der Waals surface area contributed by atoms with E-state index >= 15 is 0 Å². The Morgan fingerprint density at radius 2 is 1.71 bits per heavy atom. The van der Waals surface area contributed by atoms with Gasteiger partial charge in [-0.15, -0.1) is 0 Å². The largest absolute Gasteiger partial charge is 0.342 e. The van der Waals surface area contributed by atoms with Crippen LogP contribution in [-0.4, -0.2) is 11.8 Å². The van der Waals surface area contributed by atoms with Crippen LogP contribution in [0, 0.1) is 0 Å². The first kappa shape index (κ1) is 19.9. The molecule has 1 atom stereocenters. The molecule has 0 bridgehead atoms. The van der Waals surface area contributed by atoms with E-state index in [1.54, 1.807) is 29.5 Å². The van der Waals surface area contributed by atoms with Gasteiger partial charge in [0.05, 0.1) is 6.04 Å². The first-order chi connectivity index (χ1) is 13.5. The highest BCUT2D eigenvalue weighted by Gasteiger charge is 2.16. The van der Waals surface area contributed by atoms with Crippen LogP contribution >= 0.6 is 22.9 Å². The lowest BCUT2D eigenvalue weighted by Crippen LogP contribution is -2.27. The van der Waals surface area contributed by atoms with Crippen LogP contribution in [0.1, 0.15) is 29.7 Å². The maximum atomic E-state index is 12.5. The standard InChI is InChI=1S/C22H19ClN2O2S/c1-15(26)24-20-9-2-16(3-10-20)4-11-21(27)25-22(18-12-13-28-14-18)17-5-7-19(23)8-6-17/h2-14,22H,1H3,(H,24,26)(H,25,27). The monoisotopic (exact) mass is 410 g/mol. The smallest absolute Gasteiger partial charge is 0.244 e. The Bertz CT molecular complexity index is 965. The Balaban J connectivity index is 1.71. The number of halogens is 1. The van der Waals surface area contributed by atoms with Gasteiger partial charge in [-0.2, -0.15) is 11.3 Å². The molecule has 0 aliphatic heterocycles. The van der Waals surface area contributed by atoms with Gasteiger partial charge in [0.15, 0.2) is 0 Å². The molecule has 0 fully saturated rings. The topological polar surface area (TPSA) is 58.2 Å². The van der Waals surface area contributed by atoms with Crippen LogP contribution in [-0.2, 0) is 9.59 Å². The van der Waals surface area contributed by atoms with Gasteiger partial charge in [-0.1, -0.05) is 35.9 Å². The zero-order valence-electron chi connectivity index (χ0n) is 15.2. The number of thiophene rings is 1. The summed E-state index contributed by atoms with van der Waals surface area (Å²) in [5, 5.41) is 10.4. The zero-order chi connectivity index (χ0) is 19.9. The lowest BCUT2D eigenvalue weighted by Gasteiger charge is -2.17. The number of hydrogen-bond donors (Lipinski definition) is 2. The van der Waals surface area contributed by atoms with E-state index in [0.717, 1.165) is 22.4 Å². The molecule has 1 unspecified atom stereocenters. The number of carbonyl (C=O) groups is 2. The van der Waals surface area contributed by atoms with Crippen molar-refractivity contribution in [1.29, 1.82) is 0 Å². The first-order valence-electron chi connectivity index (χ1n) is 8.65. The molecule has 0 aliphatic carbocycles. The van der Waals surface area contributed by atoms with E-state index in [2.05, 4.69) is 10.6 Å². The molecule has 0 radical (unpaired) electrons. The van der Waals surface area contributed by atoms with Gasteiger partial charge >= 0.3 is 0 Å². The summed E-state index contributed by atoms with van der Waals surface area (Å²) < 4.78 is 0. The minimum atomic E-state index is -0.247. The molecule has 3 rings (SSSR count). The van der Waals surface area contributed by atoms with Crippen LogP contribution in [0.15, 0.2) is 71.4 Å². The maximum Gasteiger partial charge on any atom is 0.244 e. The van der Waals surface area contributed by atoms with Crippen LogP contribution in [0.5, 0.6) is 0 Å². The summed E-state index contributed by atoms with van der Waals surface area (Å²) in [6.07, 6.45) is 3.24. The van der Waals surface area contributed by atoms with Gasteiger partial charge in [-0.3, -0.25) is 9.59 Å². The Morgan fingerprint density at radius 3 is 2.32 bits per heavy atom. The molecule has 0 saturated carbocycles. The Hall–Kier alpha value is -2.89. The van der Waals surface area contributed by atoms with Gasteiger partial charge in [0.25, 0.3) is 0 Å². The van der Waals surface area contributed by atoms with Crippen molar-refractivity contribution in [2.24, 2.45) is 0 Å². The number of nitrogens with one attached hydrogen (secondary N) is 2. The van der Waals surface area contributed by atoms with Crippen molar-refractivity contribution < 1.29 is 9.59 Å². The third-order valence-electron chi connectivity index (χ3n) is 4.02. The van der Waals surface area contributed by atoms with E-state index in [9.17, 15) is 9.59 Å². The quantitative estimate of drug-likeness (QED) is 0.543. The summed E-state index contributed by atoms with van der Waals surface area (Å²) in [6, 6.07) is 16.5. The molecular formula is C22H19ClN2O2S. The van der Waals surface area contributed by atoms with Crippen LogP contribution < -0.4 is 10.6 Å². The normalized spacial score (nSPS) is 11.9. The average Bonchev–Trinajstić information content (AvgIpc) is 3.20. The van der Waals surface area contributed by atoms with E-state index in [0.29, 0.717) is 5.02 Å². The van der Waals surface area contributed by atoms with Crippen molar-refractivity contribution in [2.45, 2.75) is 13.0 Å². The number of carbonyl (C=O) groups excluding carboxylic acids is 2. The molecule has 0 spiro atoms. The van der Waals surface area contributed by atoms with Gasteiger partial charge in [0.1, 0.15) is 0 Å². The highest BCUT2D eigenvalue weighted by molar-refractivity contribution is 7.08. The van der Waals surface area contributed by atoms with E-state index in [-0.39, 0.29) is 17.9 Å². The summed E-state index contributed by atoms with van der Waals surface area (Å²) >= 11 is 7.57. The fourth-order valence-corrected chi connectivity index (χ4v) is 3.51. The maximum absolute atomic E-state index is 12.5. The van der Waals surface area contributed by atoms with Crippen molar-refractivity contribution >= 4 is 46.5 Å². The van der Waals surface area contributed by atoms with E-state index in [1.165, 1.54) is 13.0 Å². The van der Waals surface area contributed by atoms with Gasteiger partial charge < -0.3 is 10.6 Å². The SMILES string of the molecule is CC(=O)Nc1ccc(C=CC(=O)NC(c2ccc(Cl)cc2)c2ccsc2)cc1. The van der Waals surface area contributed by atoms with Crippen molar-refractivity contribution in [3.8, 4) is 0 Å². The molecule has 2 amide bonds. The predicted molar refractivity (Wildman–Crippen MR) is 116 cm³/mol. The molecule has 1 heterocycles. The molecular weight excluding hydrogens is 392 g/mol. The fourth-order valence-electron chi connectivity index (χ4n) is 2.70.